The lowest BCUT2D eigenvalue weighted by molar-refractivity contribution is 0.0322. The molecule has 1 aromatic carbocycles. The van der Waals surface area contributed by atoms with Gasteiger partial charge in [-0.3, -0.25) is 4.90 Å². The Balaban J connectivity index is 1.52. The molecule has 2 saturated heterocycles. The maximum Gasteiger partial charge on any atom is 0.194 e. The Hall–Kier alpha value is -1.79. The summed E-state index contributed by atoms with van der Waals surface area (Å²) in [6, 6.07) is 8.33. The van der Waals surface area contributed by atoms with Crippen molar-refractivity contribution in [2.45, 2.75) is 33.2 Å². The summed E-state index contributed by atoms with van der Waals surface area (Å²) in [5.41, 5.74) is 1.18. The first kappa shape index (κ1) is 20.9. The van der Waals surface area contributed by atoms with Crippen LogP contribution in [0.4, 0.5) is 0 Å². The Morgan fingerprint density at radius 2 is 2.14 bits per heavy atom. The number of piperidine rings is 1. The van der Waals surface area contributed by atoms with Crippen LogP contribution in [0.15, 0.2) is 29.3 Å². The molecule has 6 heteroatoms. The fourth-order valence-corrected chi connectivity index (χ4v) is 3.82. The SMILES string of the molecule is CCNC(=NCc1cccc(OCCN2CCOCC2)c1)N1CCCC(C)C1. The number of aliphatic imine (C=N–C) groups is 1. The van der Waals surface area contributed by atoms with Crippen LogP contribution in [-0.2, 0) is 11.3 Å². The normalized spacial score (nSPS) is 21.6. The Labute approximate surface area is 169 Å². The summed E-state index contributed by atoms with van der Waals surface area (Å²) in [4.78, 5) is 9.68. The van der Waals surface area contributed by atoms with Crippen molar-refractivity contribution in [1.29, 1.82) is 0 Å². The fourth-order valence-electron chi connectivity index (χ4n) is 3.82. The third-order valence-corrected chi connectivity index (χ3v) is 5.38. The monoisotopic (exact) mass is 388 g/mol. The summed E-state index contributed by atoms with van der Waals surface area (Å²) < 4.78 is 11.4. The molecule has 1 aromatic rings. The second-order valence-electron chi connectivity index (χ2n) is 7.81. The van der Waals surface area contributed by atoms with Crippen LogP contribution >= 0.6 is 0 Å². The lowest BCUT2D eigenvalue weighted by Gasteiger charge is -2.33. The average Bonchev–Trinajstić information content (AvgIpc) is 2.72. The van der Waals surface area contributed by atoms with Gasteiger partial charge < -0.3 is 19.7 Å². The van der Waals surface area contributed by atoms with Gasteiger partial charge in [0.2, 0.25) is 0 Å². The Bertz CT molecular complexity index is 616. The van der Waals surface area contributed by atoms with E-state index in [0.717, 1.165) is 70.1 Å². The number of rotatable bonds is 7. The molecule has 1 N–H and O–H groups in total. The number of hydrogen-bond acceptors (Lipinski definition) is 4. The molecule has 0 saturated carbocycles. The average molecular weight is 389 g/mol. The lowest BCUT2D eigenvalue weighted by Crippen LogP contribution is -2.46. The van der Waals surface area contributed by atoms with Gasteiger partial charge in [-0.1, -0.05) is 19.1 Å². The highest BCUT2D eigenvalue weighted by Gasteiger charge is 2.19. The second kappa shape index (κ2) is 11.3. The molecule has 2 fully saturated rings. The number of benzene rings is 1. The zero-order chi connectivity index (χ0) is 19.6. The van der Waals surface area contributed by atoms with Crippen LogP contribution in [0.2, 0.25) is 0 Å². The van der Waals surface area contributed by atoms with E-state index in [1.807, 2.05) is 6.07 Å². The van der Waals surface area contributed by atoms with Gasteiger partial charge in [-0.05, 0) is 43.4 Å². The molecule has 0 radical (unpaired) electrons. The minimum atomic E-state index is 0.674. The summed E-state index contributed by atoms with van der Waals surface area (Å²) >= 11 is 0. The minimum absolute atomic E-state index is 0.674. The van der Waals surface area contributed by atoms with Crippen molar-refractivity contribution in [2.75, 3.05) is 59.1 Å². The Morgan fingerprint density at radius 1 is 1.29 bits per heavy atom. The van der Waals surface area contributed by atoms with Crippen molar-refractivity contribution in [1.82, 2.24) is 15.1 Å². The number of likely N-dealkylation sites (tertiary alicyclic amines) is 1. The van der Waals surface area contributed by atoms with Gasteiger partial charge in [-0.25, -0.2) is 4.99 Å². The summed E-state index contributed by atoms with van der Waals surface area (Å²) in [7, 11) is 0. The van der Waals surface area contributed by atoms with Crippen molar-refractivity contribution in [3.8, 4) is 5.75 Å². The predicted octanol–water partition coefficient (Wildman–Crippen LogP) is 2.60. The van der Waals surface area contributed by atoms with Crippen molar-refractivity contribution in [3.63, 3.8) is 0 Å². The van der Waals surface area contributed by atoms with Gasteiger partial charge in [0.25, 0.3) is 0 Å². The fraction of sp³-hybridized carbons (Fsp3) is 0.682. The molecule has 156 valence electrons. The lowest BCUT2D eigenvalue weighted by atomic mass is 10.0. The summed E-state index contributed by atoms with van der Waals surface area (Å²) in [6.45, 7) is 13.5. The van der Waals surface area contributed by atoms with Crippen LogP contribution in [0.3, 0.4) is 0 Å². The molecular formula is C22H36N4O2. The van der Waals surface area contributed by atoms with Gasteiger partial charge in [0.05, 0.1) is 19.8 Å². The van der Waals surface area contributed by atoms with Gasteiger partial charge in [-0.2, -0.15) is 0 Å². The van der Waals surface area contributed by atoms with E-state index in [9.17, 15) is 0 Å². The quantitative estimate of drug-likeness (QED) is 0.575. The smallest absolute Gasteiger partial charge is 0.194 e. The molecule has 28 heavy (non-hydrogen) atoms. The zero-order valence-electron chi connectivity index (χ0n) is 17.5. The van der Waals surface area contributed by atoms with E-state index in [-0.39, 0.29) is 0 Å². The van der Waals surface area contributed by atoms with Gasteiger partial charge in [0, 0.05) is 39.3 Å². The molecule has 6 nitrogen and oxygen atoms in total. The maximum atomic E-state index is 5.98. The Kier molecular flexibility index (Phi) is 8.42. The molecule has 3 rings (SSSR count). The van der Waals surface area contributed by atoms with Crippen molar-refractivity contribution < 1.29 is 9.47 Å². The Morgan fingerprint density at radius 3 is 2.93 bits per heavy atom. The zero-order valence-corrected chi connectivity index (χ0v) is 17.5. The molecule has 0 bridgehead atoms. The van der Waals surface area contributed by atoms with E-state index in [4.69, 9.17) is 14.5 Å². The van der Waals surface area contributed by atoms with Crippen LogP contribution in [0.5, 0.6) is 5.75 Å². The predicted molar refractivity (Wildman–Crippen MR) is 114 cm³/mol. The maximum absolute atomic E-state index is 5.98. The molecule has 1 atom stereocenters. The van der Waals surface area contributed by atoms with Crippen LogP contribution in [0.1, 0.15) is 32.3 Å². The van der Waals surface area contributed by atoms with E-state index in [1.165, 1.54) is 18.4 Å². The third-order valence-electron chi connectivity index (χ3n) is 5.38. The molecule has 0 aromatic heterocycles. The van der Waals surface area contributed by atoms with Gasteiger partial charge in [-0.15, -0.1) is 0 Å². The number of morpholine rings is 1. The standard InChI is InChI=1S/C22H36N4O2/c1-3-23-22(26-9-5-6-19(2)18-26)24-17-20-7-4-8-21(16-20)28-15-12-25-10-13-27-14-11-25/h4,7-8,16,19H,3,5-6,9-15,17-18H2,1-2H3,(H,23,24). The van der Waals surface area contributed by atoms with Crippen LogP contribution in [-0.4, -0.2) is 74.8 Å². The summed E-state index contributed by atoms with van der Waals surface area (Å²) in [5.74, 6) is 2.70. The van der Waals surface area contributed by atoms with E-state index >= 15 is 0 Å². The van der Waals surface area contributed by atoms with E-state index in [0.29, 0.717) is 13.2 Å². The third kappa shape index (κ3) is 6.67. The molecule has 2 aliphatic heterocycles. The van der Waals surface area contributed by atoms with E-state index in [1.54, 1.807) is 0 Å². The topological polar surface area (TPSA) is 49.3 Å². The number of hydrogen-bond donors (Lipinski definition) is 1. The first-order chi connectivity index (χ1) is 13.7. The van der Waals surface area contributed by atoms with Crippen molar-refractivity contribution in [3.05, 3.63) is 29.8 Å². The second-order valence-corrected chi connectivity index (χ2v) is 7.81. The summed E-state index contributed by atoms with van der Waals surface area (Å²) in [6.07, 6.45) is 2.57. The minimum Gasteiger partial charge on any atom is -0.492 e. The molecule has 0 aliphatic carbocycles. The molecule has 0 amide bonds. The van der Waals surface area contributed by atoms with Crippen LogP contribution in [0.25, 0.3) is 0 Å². The molecule has 2 aliphatic rings. The van der Waals surface area contributed by atoms with E-state index < -0.39 is 0 Å². The van der Waals surface area contributed by atoms with Crippen LogP contribution in [0, 0.1) is 5.92 Å². The number of nitrogens with one attached hydrogen (secondary N) is 1. The van der Waals surface area contributed by atoms with Crippen molar-refractivity contribution >= 4 is 5.96 Å². The van der Waals surface area contributed by atoms with Crippen molar-refractivity contribution in [2.24, 2.45) is 10.9 Å². The molecular weight excluding hydrogens is 352 g/mol. The van der Waals surface area contributed by atoms with Gasteiger partial charge >= 0.3 is 0 Å². The molecule has 2 heterocycles. The van der Waals surface area contributed by atoms with Gasteiger partial charge in [0.15, 0.2) is 5.96 Å². The van der Waals surface area contributed by atoms with E-state index in [2.05, 4.69) is 47.2 Å². The number of nitrogens with zero attached hydrogens (tertiary/aromatic N) is 3. The summed E-state index contributed by atoms with van der Waals surface area (Å²) in [5, 5.41) is 3.46. The molecule has 1 unspecified atom stereocenters. The molecule has 0 spiro atoms. The number of guanidine groups is 1. The first-order valence-corrected chi connectivity index (χ1v) is 10.8. The van der Waals surface area contributed by atoms with Gasteiger partial charge in [0.1, 0.15) is 12.4 Å². The first-order valence-electron chi connectivity index (χ1n) is 10.8. The highest BCUT2D eigenvalue weighted by molar-refractivity contribution is 5.80. The largest absolute Gasteiger partial charge is 0.492 e. The van der Waals surface area contributed by atoms with Crippen LogP contribution < -0.4 is 10.1 Å². The highest BCUT2D eigenvalue weighted by atomic mass is 16.5. The highest BCUT2D eigenvalue weighted by Crippen LogP contribution is 2.17. The number of ether oxygens (including phenoxy) is 2.